The van der Waals surface area contributed by atoms with Crippen molar-refractivity contribution in [1.82, 2.24) is 0 Å². The molecule has 0 aliphatic rings. The molecule has 196 valence electrons. The van der Waals surface area contributed by atoms with Crippen molar-refractivity contribution in [2.24, 2.45) is 5.92 Å². The number of carbonyl (C=O) groups is 1. The molecule has 0 unspecified atom stereocenters. The lowest BCUT2D eigenvalue weighted by Gasteiger charge is -2.45. The quantitative estimate of drug-likeness (QED) is 0.229. The van der Waals surface area contributed by atoms with Crippen molar-refractivity contribution in [3.05, 3.63) is 121 Å². The molecule has 4 rings (SSSR count). The molecule has 4 aromatic carbocycles. The molecule has 4 heteroatoms. The van der Waals surface area contributed by atoms with E-state index in [-0.39, 0.29) is 11.1 Å². The number of hydrogen-bond acceptors (Lipinski definition) is 2. The van der Waals surface area contributed by atoms with Crippen LogP contribution in [-0.4, -0.2) is 25.5 Å². The average molecular weight is 523 g/mol. The molecule has 0 saturated carbocycles. The van der Waals surface area contributed by atoms with E-state index in [1.807, 2.05) is 30.3 Å². The monoisotopic (exact) mass is 522 g/mol. The number of hydrogen-bond donors (Lipinski definition) is 1. The van der Waals surface area contributed by atoms with Crippen LogP contribution in [0, 0.1) is 5.92 Å². The van der Waals surface area contributed by atoms with Crippen LogP contribution >= 0.6 is 0 Å². The molecule has 4 aromatic rings. The molecular formula is C34H38O3Si. The van der Waals surface area contributed by atoms with Crippen LogP contribution in [0.5, 0.6) is 0 Å². The number of carboxylic acids is 1. The third-order valence-electron chi connectivity index (χ3n) is 7.32. The SMILES string of the molecule is C[C@H](C[C@H](Cc1ccc(-c2ccccc2)cc1)O[Si](c1ccccc1)(c1ccccc1)C(C)(C)C)C(=O)O. The Morgan fingerprint density at radius 1 is 0.737 bits per heavy atom. The van der Waals surface area contributed by atoms with Gasteiger partial charge in [-0.1, -0.05) is 143 Å². The fraction of sp³-hybridized carbons (Fsp3) is 0.265. The van der Waals surface area contributed by atoms with Crippen LogP contribution in [0.1, 0.15) is 39.7 Å². The van der Waals surface area contributed by atoms with Gasteiger partial charge in [0.1, 0.15) is 0 Å². The molecular weight excluding hydrogens is 484 g/mol. The molecule has 0 spiro atoms. The molecule has 0 bridgehead atoms. The summed E-state index contributed by atoms with van der Waals surface area (Å²) in [6.45, 7) is 8.55. The van der Waals surface area contributed by atoms with Crippen molar-refractivity contribution >= 4 is 24.7 Å². The minimum absolute atomic E-state index is 0.183. The van der Waals surface area contributed by atoms with Crippen LogP contribution in [-0.2, 0) is 15.6 Å². The summed E-state index contributed by atoms with van der Waals surface area (Å²) in [5, 5.41) is 12.0. The van der Waals surface area contributed by atoms with E-state index in [9.17, 15) is 9.90 Å². The van der Waals surface area contributed by atoms with E-state index in [0.29, 0.717) is 12.8 Å². The first-order valence-electron chi connectivity index (χ1n) is 13.4. The number of aliphatic carboxylic acids is 1. The largest absolute Gasteiger partial charge is 0.481 e. The zero-order valence-electron chi connectivity index (χ0n) is 22.8. The Bertz CT molecular complexity index is 1260. The Labute approximate surface area is 228 Å². The average Bonchev–Trinajstić information content (AvgIpc) is 2.92. The fourth-order valence-electron chi connectivity index (χ4n) is 5.34. The first-order valence-corrected chi connectivity index (χ1v) is 15.3. The predicted molar refractivity (Wildman–Crippen MR) is 159 cm³/mol. The van der Waals surface area contributed by atoms with Gasteiger partial charge in [-0.05, 0) is 44.9 Å². The van der Waals surface area contributed by atoms with E-state index in [4.69, 9.17) is 4.43 Å². The van der Waals surface area contributed by atoms with Gasteiger partial charge in [-0.2, -0.15) is 0 Å². The van der Waals surface area contributed by atoms with Gasteiger partial charge in [0.25, 0.3) is 8.32 Å². The molecule has 0 amide bonds. The van der Waals surface area contributed by atoms with Crippen molar-refractivity contribution < 1.29 is 14.3 Å². The van der Waals surface area contributed by atoms with E-state index in [2.05, 4.69) is 106 Å². The fourth-order valence-corrected chi connectivity index (χ4v) is 10.0. The Kier molecular flexibility index (Phi) is 8.65. The molecule has 0 aliphatic carbocycles. The van der Waals surface area contributed by atoms with Gasteiger partial charge >= 0.3 is 5.97 Å². The minimum Gasteiger partial charge on any atom is -0.481 e. The van der Waals surface area contributed by atoms with Crippen LogP contribution in [0.4, 0.5) is 0 Å². The van der Waals surface area contributed by atoms with Gasteiger partial charge in [-0.25, -0.2) is 0 Å². The second-order valence-electron chi connectivity index (χ2n) is 11.1. The van der Waals surface area contributed by atoms with Gasteiger partial charge in [0.05, 0.1) is 12.0 Å². The smallest absolute Gasteiger partial charge is 0.306 e. The molecule has 0 fully saturated rings. The number of benzene rings is 4. The van der Waals surface area contributed by atoms with Gasteiger partial charge in [0, 0.05) is 0 Å². The summed E-state index contributed by atoms with van der Waals surface area (Å²) in [5.74, 6) is -1.30. The summed E-state index contributed by atoms with van der Waals surface area (Å²) in [7, 11) is -2.82. The van der Waals surface area contributed by atoms with Gasteiger partial charge in [0.15, 0.2) is 0 Å². The normalized spacial score (nSPS) is 13.6. The molecule has 0 aromatic heterocycles. The van der Waals surface area contributed by atoms with Crippen molar-refractivity contribution in [3.63, 3.8) is 0 Å². The van der Waals surface area contributed by atoms with Crippen LogP contribution in [0.2, 0.25) is 5.04 Å². The summed E-state index contributed by atoms with van der Waals surface area (Å²) < 4.78 is 7.39. The second kappa shape index (κ2) is 11.9. The molecule has 0 saturated heterocycles. The molecule has 38 heavy (non-hydrogen) atoms. The van der Waals surface area contributed by atoms with E-state index in [0.717, 1.165) is 11.1 Å². The lowest BCUT2D eigenvalue weighted by atomic mass is 9.97. The maximum atomic E-state index is 11.9. The standard InChI is InChI=1S/C34H38O3Si/c1-26(33(35)36)24-30(25-27-20-22-29(23-21-27)28-14-8-5-9-15-28)37-38(34(2,3)4,31-16-10-6-11-17-31)32-18-12-7-13-19-32/h5-23,26,30H,24-25H2,1-4H3,(H,35,36)/t26-,30-/m1/s1. The highest BCUT2D eigenvalue weighted by Gasteiger charge is 2.51. The molecule has 2 atom stereocenters. The van der Waals surface area contributed by atoms with E-state index in [1.54, 1.807) is 6.92 Å². The number of carboxylic acid groups (broad SMARTS) is 1. The maximum absolute atomic E-state index is 11.9. The second-order valence-corrected chi connectivity index (χ2v) is 15.4. The Balaban J connectivity index is 1.75. The van der Waals surface area contributed by atoms with Gasteiger partial charge in [0.2, 0.25) is 0 Å². The van der Waals surface area contributed by atoms with Crippen LogP contribution < -0.4 is 10.4 Å². The van der Waals surface area contributed by atoms with E-state index >= 15 is 0 Å². The van der Waals surface area contributed by atoms with Gasteiger partial charge < -0.3 is 9.53 Å². The summed E-state index contributed by atoms with van der Waals surface area (Å²) in [4.78, 5) is 11.9. The Hall–Kier alpha value is -3.47. The van der Waals surface area contributed by atoms with Crippen LogP contribution in [0.3, 0.4) is 0 Å². The third-order valence-corrected chi connectivity index (χ3v) is 12.4. The van der Waals surface area contributed by atoms with Crippen LogP contribution in [0.25, 0.3) is 11.1 Å². The first kappa shape index (κ1) is 27.6. The molecule has 0 heterocycles. The molecule has 0 aliphatic heterocycles. The van der Waals surface area contributed by atoms with E-state index in [1.165, 1.54) is 15.9 Å². The zero-order valence-corrected chi connectivity index (χ0v) is 23.8. The minimum atomic E-state index is -2.82. The van der Waals surface area contributed by atoms with Crippen molar-refractivity contribution in [1.29, 1.82) is 0 Å². The zero-order chi connectivity index (χ0) is 27.2. The summed E-state index contributed by atoms with van der Waals surface area (Å²) in [5.41, 5.74) is 3.49. The van der Waals surface area contributed by atoms with Crippen molar-refractivity contribution in [3.8, 4) is 11.1 Å². The van der Waals surface area contributed by atoms with Crippen molar-refractivity contribution in [2.45, 2.75) is 51.7 Å². The Morgan fingerprint density at radius 3 is 1.63 bits per heavy atom. The third kappa shape index (κ3) is 6.15. The van der Waals surface area contributed by atoms with Crippen molar-refractivity contribution in [2.75, 3.05) is 0 Å². The summed E-state index contributed by atoms with van der Waals surface area (Å²) in [6, 6.07) is 40.0. The summed E-state index contributed by atoms with van der Waals surface area (Å²) >= 11 is 0. The predicted octanol–water partition coefficient (Wildman–Crippen LogP) is 6.95. The topological polar surface area (TPSA) is 46.5 Å². The van der Waals surface area contributed by atoms with Crippen LogP contribution in [0.15, 0.2) is 115 Å². The first-order chi connectivity index (χ1) is 18.2. The van der Waals surface area contributed by atoms with E-state index < -0.39 is 20.2 Å². The van der Waals surface area contributed by atoms with Gasteiger partial charge in [-0.15, -0.1) is 0 Å². The molecule has 3 nitrogen and oxygen atoms in total. The highest BCUT2D eigenvalue weighted by atomic mass is 28.4. The van der Waals surface area contributed by atoms with Gasteiger partial charge in [-0.3, -0.25) is 4.79 Å². The molecule has 0 radical (unpaired) electrons. The highest BCUT2D eigenvalue weighted by Crippen LogP contribution is 2.38. The maximum Gasteiger partial charge on any atom is 0.306 e. The lowest BCUT2D eigenvalue weighted by Crippen LogP contribution is -2.68. The summed E-state index contributed by atoms with van der Waals surface area (Å²) in [6.07, 6.45) is 0.840. The number of rotatable bonds is 10. The Morgan fingerprint density at radius 2 is 1.18 bits per heavy atom. The lowest BCUT2D eigenvalue weighted by molar-refractivity contribution is -0.142. The molecule has 1 N–H and O–H groups in total. The highest BCUT2D eigenvalue weighted by molar-refractivity contribution is 6.99.